The van der Waals surface area contributed by atoms with Gasteiger partial charge in [-0.15, -0.1) is 0 Å². The van der Waals surface area contributed by atoms with E-state index in [4.69, 9.17) is 21.7 Å². The maximum absolute atomic E-state index is 13.0. The van der Waals surface area contributed by atoms with Crippen LogP contribution >= 0.6 is 12.2 Å². The Morgan fingerprint density at radius 2 is 1.73 bits per heavy atom. The number of thiocarbonyl (C=S) groups is 1. The van der Waals surface area contributed by atoms with Crippen molar-refractivity contribution in [2.75, 3.05) is 40.3 Å². The lowest BCUT2D eigenvalue weighted by Gasteiger charge is -2.34. The first-order chi connectivity index (χ1) is 12.6. The van der Waals surface area contributed by atoms with Crippen molar-refractivity contribution >= 4 is 17.2 Å². The lowest BCUT2D eigenvalue weighted by atomic mass is 10.1. The highest BCUT2D eigenvalue weighted by Crippen LogP contribution is 2.29. The number of benzene rings is 2. The molecule has 2 aromatic rings. The average Bonchev–Trinajstić information content (AvgIpc) is 2.67. The molecule has 1 fully saturated rings. The van der Waals surface area contributed by atoms with E-state index in [1.54, 1.807) is 19.2 Å². The molecule has 0 saturated carbocycles. The number of piperazine rings is 1. The molecule has 0 amide bonds. The van der Waals surface area contributed by atoms with Crippen LogP contribution in [0.1, 0.15) is 11.1 Å². The van der Waals surface area contributed by atoms with Gasteiger partial charge in [0.2, 0.25) is 0 Å². The summed E-state index contributed by atoms with van der Waals surface area (Å²) in [6.07, 6.45) is 0. The third-order valence-corrected chi connectivity index (χ3v) is 5.00. The lowest BCUT2D eigenvalue weighted by Crippen LogP contribution is -2.46. The number of hydrogen-bond donors (Lipinski definition) is 0. The predicted molar refractivity (Wildman–Crippen MR) is 104 cm³/mol. The van der Waals surface area contributed by atoms with Crippen LogP contribution in [0.2, 0.25) is 0 Å². The summed E-state index contributed by atoms with van der Waals surface area (Å²) in [4.78, 5) is 5.36. The van der Waals surface area contributed by atoms with Crippen molar-refractivity contribution < 1.29 is 13.9 Å². The fourth-order valence-electron chi connectivity index (χ4n) is 2.85. The van der Waals surface area contributed by atoms with Crippen molar-refractivity contribution in [2.45, 2.75) is 6.61 Å². The molecule has 26 heavy (non-hydrogen) atoms. The van der Waals surface area contributed by atoms with Gasteiger partial charge in [-0.3, -0.25) is 0 Å². The van der Waals surface area contributed by atoms with Gasteiger partial charge in [-0.25, -0.2) is 4.39 Å². The summed E-state index contributed by atoms with van der Waals surface area (Å²) in [6, 6.07) is 12.0. The number of hydrogen-bond acceptors (Lipinski definition) is 4. The van der Waals surface area contributed by atoms with E-state index in [9.17, 15) is 4.39 Å². The number of likely N-dealkylation sites (N-methyl/N-ethyl adjacent to an activating group) is 1. The van der Waals surface area contributed by atoms with Crippen LogP contribution in [-0.2, 0) is 6.61 Å². The van der Waals surface area contributed by atoms with Gasteiger partial charge in [0.1, 0.15) is 17.4 Å². The third-order valence-electron chi connectivity index (χ3n) is 4.51. The van der Waals surface area contributed by atoms with Gasteiger partial charge in [0.05, 0.1) is 7.11 Å². The molecule has 0 aromatic heterocycles. The minimum absolute atomic E-state index is 0.256. The SMILES string of the molecule is COc1cc(C(=S)N2CCN(C)CC2)ccc1OCc1ccc(F)cc1. The van der Waals surface area contributed by atoms with Crippen LogP contribution in [0.5, 0.6) is 11.5 Å². The quantitative estimate of drug-likeness (QED) is 0.748. The zero-order chi connectivity index (χ0) is 18.5. The summed E-state index contributed by atoms with van der Waals surface area (Å²) in [6.45, 7) is 4.23. The molecule has 0 unspecified atom stereocenters. The maximum Gasteiger partial charge on any atom is 0.161 e. The summed E-state index contributed by atoms with van der Waals surface area (Å²) in [5, 5.41) is 0. The van der Waals surface area contributed by atoms with E-state index in [0.29, 0.717) is 18.1 Å². The molecule has 0 bridgehead atoms. The van der Waals surface area contributed by atoms with Gasteiger partial charge in [0, 0.05) is 31.7 Å². The van der Waals surface area contributed by atoms with Gasteiger partial charge >= 0.3 is 0 Å². The fraction of sp³-hybridized carbons (Fsp3) is 0.350. The molecule has 0 spiro atoms. The minimum Gasteiger partial charge on any atom is -0.493 e. The van der Waals surface area contributed by atoms with Gasteiger partial charge in [0.25, 0.3) is 0 Å². The molecule has 4 nitrogen and oxygen atoms in total. The molecule has 2 aromatic carbocycles. The summed E-state index contributed by atoms with van der Waals surface area (Å²) in [5.41, 5.74) is 1.85. The Kier molecular flexibility index (Phi) is 6.06. The number of ether oxygens (including phenoxy) is 2. The Labute approximate surface area is 159 Å². The van der Waals surface area contributed by atoms with Gasteiger partial charge in [0.15, 0.2) is 11.5 Å². The van der Waals surface area contributed by atoms with Crippen molar-refractivity contribution in [3.63, 3.8) is 0 Å². The molecule has 1 heterocycles. The Morgan fingerprint density at radius 1 is 1.04 bits per heavy atom. The van der Waals surface area contributed by atoms with Crippen molar-refractivity contribution in [2.24, 2.45) is 0 Å². The van der Waals surface area contributed by atoms with Crippen molar-refractivity contribution in [3.8, 4) is 11.5 Å². The number of rotatable bonds is 5. The van der Waals surface area contributed by atoms with Crippen LogP contribution in [0.15, 0.2) is 42.5 Å². The first-order valence-electron chi connectivity index (χ1n) is 8.60. The smallest absolute Gasteiger partial charge is 0.161 e. The lowest BCUT2D eigenvalue weighted by molar-refractivity contribution is 0.218. The molecule has 0 aliphatic carbocycles. The second-order valence-electron chi connectivity index (χ2n) is 6.38. The van der Waals surface area contributed by atoms with Crippen LogP contribution in [0, 0.1) is 5.82 Å². The Balaban J connectivity index is 1.68. The standard InChI is InChI=1S/C20H23FN2O2S/c1-22-9-11-23(12-10-22)20(26)16-5-8-18(19(13-16)24-2)25-14-15-3-6-17(21)7-4-15/h3-8,13H,9-12,14H2,1-2H3. The molecule has 6 heteroatoms. The molecule has 1 aliphatic heterocycles. The van der Waals surface area contributed by atoms with E-state index < -0.39 is 0 Å². The average molecular weight is 374 g/mol. The Bertz CT molecular complexity index is 759. The molecular formula is C20H23FN2O2S. The summed E-state index contributed by atoms with van der Waals surface area (Å²) in [5.74, 6) is 1.02. The Morgan fingerprint density at radius 3 is 2.38 bits per heavy atom. The molecule has 138 valence electrons. The highest BCUT2D eigenvalue weighted by atomic mass is 32.1. The van der Waals surface area contributed by atoms with Gasteiger partial charge in [-0.05, 0) is 42.9 Å². The topological polar surface area (TPSA) is 24.9 Å². The molecule has 1 aliphatic rings. The van der Waals surface area contributed by atoms with E-state index in [-0.39, 0.29) is 5.82 Å². The minimum atomic E-state index is -0.256. The first-order valence-corrected chi connectivity index (χ1v) is 9.01. The predicted octanol–water partition coefficient (Wildman–Crippen LogP) is 3.34. The van der Waals surface area contributed by atoms with Crippen LogP contribution < -0.4 is 9.47 Å². The number of methoxy groups -OCH3 is 1. The van der Waals surface area contributed by atoms with Crippen LogP contribution in [0.3, 0.4) is 0 Å². The highest BCUT2D eigenvalue weighted by Gasteiger charge is 2.18. The van der Waals surface area contributed by atoms with Gasteiger partial charge in [-0.2, -0.15) is 0 Å². The van der Waals surface area contributed by atoms with E-state index in [1.807, 2.05) is 18.2 Å². The summed E-state index contributed by atoms with van der Waals surface area (Å²) < 4.78 is 24.3. The van der Waals surface area contributed by atoms with E-state index in [1.165, 1.54) is 12.1 Å². The van der Waals surface area contributed by atoms with Crippen LogP contribution in [-0.4, -0.2) is 55.1 Å². The second-order valence-corrected chi connectivity index (χ2v) is 6.76. The summed E-state index contributed by atoms with van der Waals surface area (Å²) >= 11 is 5.66. The monoisotopic (exact) mass is 374 g/mol. The number of nitrogens with zero attached hydrogens (tertiary/aromatic N) is 2. The largest absolute Gasteiger partial charge is 0.493 e. The first kappa shape index (κ1) is 18.6. The van der Waals surface area contributed by atoms with Crippen LogP contribution in [0.25, 0.3) is 0 Å². The van der Waals surface area contributed by atoms with E-state index in [2.05, 4.69) is 16.8 Å². The fourth-order valence-corrected chi connectivity index (χ4v) is 3.16. The molecule has 0 radical (unpaired) electrons. The van der Waals surface area contributed by atoms with Crippen LogP contribution in [0.4, 0.5) is 4.39 Å². The van der Waals surface area contributed by atoms with Crippen molar-refractivity contribution in [1.29, 1.82) is 0 Å². The van der Waals surface area contributed by atoms with Gasteiger partial charge < -0.3 is 19.3 Å². The molecular weight excluding hydrogens is 351 g/mol. The maximum atomic E-state index is 13.0. The van der Waals surface area contributed by atoms with Crippen molar-refractivity contribution in [3.05, 3.63) is 59.4 Å². The highest BCUT2D eigenvalue weighted by molar-refractivity contribution is 7.80. The third kappa shape index (κ3) is 4.51. The Hall–Kier alpha value is -2.18. The van der Waals surface area contributed by atoms with Gasteiger partial charge in [-0.1, -0.05) is 24.4 Å². The van der Waals surface area contributed by atoms with Crippen molar-refractivity contribution in [1.82, 2.24) is 9.80 Å². The second kappa shape index (κ2) is 8.47. The zero-order valence-corrected chi connectivity index (χ0v) is 15.9. The zero-order valence-electron chi connectivity index (χ0n) is 15.1. The molecule has 0 atom stereocenters. The molecule has 1 saturated heterocycles. The number of halogens is 1. The molecule has 0 N–H and O–H groups in total. The normalized spacial score (nSPS) is 15.0. The summed E-state index contributed by atoms with van der Waals surface area (Å²) in [7, 11) is 3.74. The van der Waals surface area contributed by atoms with E-state index >= 15 is 0 Å². The molecule has 3 rings (SSSR count). The van der Waals surface area contributed by atoms with E-state index in [0.717, 1.165) is 42.3 Å².